The van der Waals surface area contributed by atoms with Crippen LogP contribution < -0.4 is 10.4 Å². The van der Waals surface area contributed by atoms with Gasteiger partial charge in [-0.1, -0.05) is 46.4 Å². The number of nitrogens with zero attached hydrogens (tertiary/aromatic N) is 1. The van der Waals surface area contributed by atoms with Crippen LogP contribution in [-0.2, 0) is 4.79 Å². The minimum Gasteiger partial charge on any atom is -0.290 e. The van der Waals surface area contributed by atoms with Gasteiger partial charge in [0.05, 0.1) is 21.4 Å². The second-order valence-corrected chi connectivity index (χ2v) is 5.87. The molecule has 7 heteroatoms. The molecule has 0 aromatic heterocycles. The number of amides is 1. The maximum Gasteiger partial charge on any atom is 0.242 e. The van der Waals surface area contributed by atoms with E-state index in [1.807, 2.05) is 0 Å². The van der Waals surface area contributed by atoms with E-state index in [1.165, 1.54) is 11.9 Å². The summed E-state index contributed by atoms with van der Waals surface area (Å²) in [5.41, 5.74) is 3.92. The molecule has 0 saturated heterocycles. The van der Waals surface area contributed by atoms with Crippen molar-refractivity contribution in [2.24, 2.45) is 0 Å². The summed E-state index contributed by atoms with van der Waals surface area (Å²) in [4.78, 5) is 11.9. The van der Waals surface area contributed by atoms with Crippen molar-refractivity contribution in [3.63, 3.8) is 0 Å². The van der Waals surface area contributed by atoms with Crippen molar-refractivity contribution in [3.8, 4) is 0 Å². The van der Waals surface area contributed by atoms with Crippen molar-refractivity contribution in [2.75, 3.05) is 10.4 Å². The third kappa shape index (κ3) is 3.95. The Morgan fingerprint density at radius 1 is 0.952 bits per heavy atom. The number of carbonyl (C=O) groups is 1. The molecule has 0 heterocycles. The predicted molar refractivity (Wildman–Crippen MR) is 89.7 cm³/mol. The minimum absolute atomic E-state index is 0.259. The molecule has 3 nitrogen and oxygen atoms in total. The minimum atomic E-state index is -0.259. The molecule has 1 N–H and O–H groups in total. The zero-order valence-electron chi connectivity index (χ0n) is 10.8. The van der Waals surface area contributed by atoms with Crippen LogP contribution >= 0.6 is 46.4 Å². The average Bonchev–Trinajstić information content (AvgIpc) is 2.38. The molecular weight excluding hydrogens is 354 g/mol. The van der Waals surface area contributed by atoms with E-state index in [0.717, 1.165) is 0 Å². The van der Waals surface area contributed by atoms with Crippen LogP contribution in [0.2, 0.25) is 20.1 Å². The molecule has 0 unspecified atom stereocenters. The molecular formula is C14H10Cl4N2O. The Bertz CT molecular complexity index is 691. The van der Waals surface area contributed by atoms with Gasteiger partial charge in [0.1, 0.15) is 0 Å². The summed E-state index contributed by atoms with van der Waals surface area (Å²) in [5.74, 6) is -0.259. The Morgan fingerprint density at radius 2 is 1.52 bits per heavy atom. The molecule has 110 valence electrons. The summed E-state index contributed by atoms with van der Waals surface area (Å²) in [7, 11) is 0. The molecule has 0 radical (unpaired) electrons. The topological polar surface area (TPSA) is 32.3 Å². The number of rotatable bonds is 3. The third-order valence-corrected chi connectivity index (χ3v) is 3.71. The van der Waals surface area contributed by atoms with Crippen molar-refractivity contribution in [1.29, 1.82) is 0 Å². The maximum atomic E-state index is 11.9. The van der Waals surface area contributed by atoms with Gasteiger partial charge in [0.15, 0.2) is 0 Å². The SMILES string of the molecule is CC(=O)N(Nc1ccc(Cl)cc1Cl)c1ccc(Cl)cc1Cl. The molecule has 0 spiro atoms. The lowest BCUT2D eigenvalue weighted by molar-refractivity contribution is -0.116. The number of hydrazine groups is 1. The van der Waals surface area contributed by atoms with Gasteiger partial charge in [-0.05, 0) is 36.4 Å². The van der Waals surface area contributed by atoms with Crippen LogP contribution in [0.25, 0.3) is 0 Å². The van der Waals surface area contributed by atoms with E-state index in [-0.39, 0.29) is 5.91 Å². The Labute approximate surface area is 142 Å². The molecule has 0 aliphatic rings. The van der Waals surface area contributed by atoms with E-state index in [9.17, 15) is 4.79 Å². The summed E-state index contributed by atoms with van der Waals surface area (Å²) in [6.45, 7) is 1.40. The molecule has 2 aromatic carbocycles. The van der Waals surface area contributed by atoms with E-state index >= 15 is 0 Å². The largest absolute Gasteiger partial charge is 0.290 e. The van der Waals surface area contributed by atoms with Gasteiger partial charge < -0.3 is 0 Å². The van der Waals surface area contributed by atoms with Crippen LogP contribution in [-0.4, -0.2) is 5.91 Å². The summed E-state index contributed by atoms with van der Waals surface area (Å²) in [6, 6.07) is 9.75. The first kappa shape index (κ1) is 16.2. The Kier molecular flexibility index (Phi) is 5.22. The van der Waals surface area contributed by atoms with Crippen LogP contribution in [0.4, 0.5) is 11.4 Å². The van der Waals surface area contributed by atoms with Gasteiger partial charge in [-0.2, -0.15) is 0 Å². The highest BCUT2D eigenvalue weighted by atomic mass is 35.5. The Hall–Kier alpha value is -1.13. The second kappa shape index (κ2) is 6.75. The molecule has 2 aromatic rings. The van der Waals surface area contributed by atoms with Crippen LogP contribution in [0.3, 0.4) is 0 Å². The molecule has 21 heavy (non-hydrogen) atoms. The zero-order valence-corrected chi connectivity index (χ0v) is 13.9. The average molecular weight is 364 g/mol. The highest BCUT2D eigenvalue weighted by Crippen LogP contribution is 2.31. The van der Waals surface area contributed by atoms with Crippen LogP contribution in [0.5, 0.6) is 0 Å². The lowest BCUT2D eigenvalue weighted by Crippen LogP contribution is -2.34. The fourth-order valence-electron chi connectivity index (χ4n) is 1.67. The van der Waals surface area contributed by atoms with Gasteiger partial charge in [0.25, 0.3) is 0 Å². The van der Waals surface area contributed by atoms with Gasteiger partial charge in [0.2, 0.25) is 5.91 Å². The molecule has 2 rings (SSSR count). The number of anilines is 2. The molecule has 0 aliphatic heterocycles. The zero-order chi connectivity index (χ0) is 15.6. The Balaban J connectivity index is 2.38. The van der Waals surface area contributed by atoms with E-state index in [4.69, 9.17) is 46.4 Å². The van der Waals surface area contributed by atoms with Crippen molar-refractivity contribution in [3.05, 3.63) is 56.5 Å². The van der Waals surface area contributed by atoms with E-state index in [2.05, 4.69) is 5.43 Å². The van der Waals surface area contributed by atoms with Gasteiger partial charge in [-0.3, -0.25) is 10.2 Å². The lowest BCUT2D eigenvalue weighted by atomic mass is 10.3. The first-order valence-electron chi connectivity index (χ1n) is 5.86. The van der Waals surface area contributed by atoms with E-state index in [1.54, 1.807) is 36.4 Å². The van der Waals surface area contributed by atoms with E-state index in [0.29, 0.717) is 31.5 Å². The van der Waals surface area contributed by atoms with Crippen molar-refractivity contribution in [2.45, 2.75) is 6.92 Å². The third-order valence-electron chi connectivity index (χ3n) is 2.63. The monoisotopic (exact) mass is 362 g/mol. The first-order chi connectivity index (χ1) is 9.88. The number of nitrogens with one attached hydrogen (secondary N) is 1. The van der Waals surface area contributed by atoms with Gasteiger partial charge in [0, 0.05) is 17.0 Å². The summed E-state index contributed by atoms with van der Waals surface area (Å²) in [6.07, 6.45) is 0. The lowest BCUT2D eigenvalue weighted by Gasteiger charge is -2.24. The summed E-state index contributed by atoms with van der Waals surface area (Å²) >= 11 is 23.9. The Morgan fingerprint density at radius 3 is 2.05 bits per heavy atom. The van der Waals surface area contributed by atoms with Crippen molar-refractivity contribution >= 4 is 63.7 Å². The summed E-state index contributed by atoms with van der Waals surface area (Å²) < 4.78 is 0. The van der Waals surface area contributed by atoms with Crippen LogP contribution in [0.1, 0.15) is 6.92 Å². The fourth-order valence-corrected chi connectivity index (χ4v) is 2.62. The number of hydrogen-bond acceptors (Lipinski definition) is 2. The standard InChI is InChI=1S/C14H10Cl4N2O/c1-8(21)20(14-5-3-10(16)7-12(14)18)19-13-4-2-9(15)6-11(13)17/h2-7,19H,1H3. The maximum absolute atomic E-state index is 11.9. The molecule has 0 aliphatic carbocycles. The van der Waals surface area contributed by atoms with Crippen LogP contribution in [0.15, 0.2) is 36.4 Å². The molecule has 0 bridgehead atoms. The molecule has 0 atom stereocenters. The predicted octanol–water partition coefficient (Wildman–Crippen LogP) is 5.68. The quantitative estimate of drug-likeness (QED) is 0.711. The molecule has 0 saturated carbocycles. The second-order valence-electron chi connectivity index (χ2n) is 4.19. The summed E-state index contributed by atoms with van der Waals surface area (Å²) in [5, 5.41) is 3.00. The number of benzene rings is 2. The smallest absolute Gasteiger partial charge is 0.242 e. The first-order valence-corrected chi connectivity index (χ1v) is 7.37. The highest BCUT2D eigenvalue weighted by molar-refractivity contribution is 6.37. The van der Waals surface area contributed by atoms with Gasteiger partial charge in [-0.15, -0.1) is 0 Å². The molecule has 1 amide bonds. The highest BCUT2D eigenvalue weighted by Gasteiger charge is 2.16. The molecule has 0 fully saturated rings. The number of halogens is 4. The van der Waals surface area contributed by atoms with Crippen molar-refractivity contribution in [1.82, 2.24) is 0 Å². The fraction of sp³-hybridized carbons (Fsp3) is 0.0714. The van der Waals surface area contributed by atoms with Crippen molar-refractivity contribution < 1.29 is 4.79 Å². The number of carbonyl (C=O) groups excluding carboxylic acids is 1. The van der Waals surface area contributed by atoms with Crippen LogP contribution in [0, 0.1) is 0 Å². The normalized spacial score (nSPS) is 10.3. The van der Waals surface area contributed by atoms with Gasteiger partial charge >= 0.3 is 0 Å². The van der Waals surface area contributed by atoms with Gasteiger partial charge in [-0.25, -0.2) is 5.01 Å². The number of hydrogen-bond donors (Lipinski definition) is 1. The van der Waals surface area contributed by atoms with E-state index < -0.39 is 0 Å².